The average molecular weight is 248 g/mol. The van der Waals surface area contributed by atoms with Crippen molar-refractivity contribution in [2.75, 3.05) is 5.32 Å². The van der Waals surface area contributed by atoms with E-state index in [1.54, 1.807) is 29.5 Å². The first-order valence-electron chi connectivity index (χ1n) is 5.13. The molecule has 0 saturated heterocycles. The molecular weight excluding hydrogens is 236 g/mol. The summed E-state index contributed by atoms with van der Waals surface area (Å²) in [5, 5.41) is 13.0. The number of aryl methyl sites for hydroxylation is 1. The Morgan fingerprint density at radius 2 is 2.35 bits per heavy atom. The SMILES string of the molecule is Cc1cnc(CNc2cccc(C(=O)O)c2)s1. The van der Waals surface area contributed by atoms with Crippen LogP contribution in [0.1, 0.15) is 20.2 Å². The third-order valence-corrected chi connectivity index (χ3v) is 3.14. The quantitative estimate of drug-likeness (QED) is 0.873. The Balaban J connectivity index is 2.04. The van der Waals surface area contributed by atoms with E-state index in [0.717, 1.165) is 10.7 Å². The number of carboxylic acids is 1. The van der Waals surface area contributed by atoms with Gasteiger partial charge in [-0.1, -0.05) is 6.07 Å². The number of carbonyl (C=O) groups is 1. The zero-order valence-electron chi connectivity index (χ0n) is 9.30. The molecule has 1 heterocycles. The Hall–Kier alpha value is -1.88. The number of aromatic carboxylic acids is 1. The fourth-order valence-electron chi connectivity index (χ4n) is 1.42. The Morgan fingerprint density at radius 1 is 1.53 bits per heavy atom. The largest absolute Gasteiger partial charge is 0.478 e. The molecule has 0 aliphatic carbocycles. The van der Waals surface area contributed by atoms with Gasteiger partial charge in [0.25, 0.3) is 0 Å². The maximum Gasteiger partial charge on any atom is 0.335 e. The van der Waals surface area contributed by atoms with Gasteiger partial charge in [-0.25, -0.2) is 9.78 Å². The van der Waals surface area contributed by atoms with Gasteiger partial charge in [0.05, 0.1) is 12.1 Å². The average Bonchev–Trinajstić information content (AvgIpc) is 2.73. The second-order valence-electron chi connectivity index (χ2n) is 3.60. The number of rotatable bonds is 4. The van der Waals surface area contributed by atoms with Crippen LogP contribution in [0.5, 0.6) is 0 Å². The topological polar surface area (TPSA) is 62.2 Å². The lowest BCUT2D eigenvalue weighted by Gasteiger charge is -2.04. The Bertz CT molecular complexity index is 537. The highest BCUT2D eigenvalue weighted by atomic mass is 32.1. The van der Waals surface area contributed by atoms with E-state index in [9.17, 15) is 4.79 Å². The van der Waals surface area contributed by atoms with Crippen molar-refractivity contribution in [2.24, 2.45) is 0 Å². The van der Waals surface area contributed by atoms with Gasteiger partial charge in [0.1, 0.15) is 5.01 Å². The minimum absolute atomic E-state index is 0.283. The normalized spacial score (nSPS) is 10.2. The summed E-state index contributed by atoms with van der Waals surface area (Å²) in [6, 6.07) is 6.75. The van der Waals surface area contributed by atoms with Crippen LogP contribution in [0.25, 0.3) is 0 Å². The molecule has 1 aromatic carbocycles. The van der Waals surface area contributed by atoms with Gasteiger partial charge in [0.2, 0.25) is 0 Å². The van der Waals surface area contributed by atoms with E-state index in [-0.39, 0.29) is 5.56 Å². The number of hydrogen-bond donors (Lipinski definition) is 2. The highest BCUT2D eigenvalue weighted by Gasteiger charge is 2.03. The molecule has 1 aromatic heterocycles. The molecule has 0 fully saturated rings. The van der Waals surface area contributed by atoms with Gasteiger partial charge in [-0.3, -0.25) is 0 Å². The highest BCUT2D eigenvalue weighted by molar-refractivity contribution is 7.11. The Morgan fingerprint density at radius 3 is 3.00 bits per heavy atom. The van der Waals surface area contributed by atoms with E-state index in [1.165, 1.54) is 4.88 Å². The van der Waals surface area contributed by atoms with Gasteiger partial charge in [0, 0.05) is 16.8 Å². The molecule has 0 aliphatic heterocycles. The van der Waals surface area contributed by atoms with Crippen molar-refractivity contribution in [3.63, 3.8) is 0 Å². The van der Waals surface area contributed by atoms with Gasteiger partial charge in [0.15, 0.2) is 0 Å². The second kappa shape index (κ2) is 4.97. The van der Waals surface area contributed by atoms with Crippen LogP contribution in [0.15, 0.2) is 30.5 Å². The summed E-state index contributed by atoms with van der Waals surface area (Å²) in [4.78, 5) is 16.2. The lowest BCUT2D eigenvalue weighted by atomic mass is 10.2. The number of carboxylic acid groups (broad SMARTS) is 1. The van der Waals surface area contributed by atoms with E-state index in [0.29, 0.717) is 6.54 Å². The summed E-state index contributed by atoms with van der Waals surface area (Å²) in [6.07, 6.45) is 1.83. The fourth-order valence-corrected chi connectivity index (χ4v) is 2.15. The summed E-state index contributed by atoms with van der Waals surface area (Å²) in [7, 11) is 0. The molecule has 17 heavy (non-hydrogen) atoms. The maximum atomic E-state index is 10.8. The molecule has 0 amide bonds. The maximum absolute atomic E-state index is 10.8. The predicted octanol–water partition coefficient (Wildman–Crippen LogP) is 2.76. The zero-order valence-corrected chi connectivity index (χ0v) is 10.1. The van der Waals surface area contributed by atoms with Gasteiger partial charge in [-0.2, -0.15) is 0 Å². The minimum atomic E-state index is -0.918. The number of nitrogens with zero attached hydrogens (tertiary/aromatic N) is 1. The molecule has 2 aromatic rings. The summed E-state index contributed by atoms with van der Waals surface area (Å²) >= 11 is 1.63. The first-order chi connectivity index (χ1) is 8.15. The van der Waals surface area contributed by atoms with Crippen molar-refractivity contribution in [2.45, 2.75) is 13.5 Å². The monoisotopic (exact) mass is 248 g/mol. The molecule has 88 valence electrons. The van der Waals surface area contributed by atoms with E-state index in [1.807, 2.05) is 19.2 Å². The molecule has 0 spiro atoms. The molecule has 0 bridgehead atoms. The number of nitrogens with one attached hydrogen (secondary N) is 1. The van der Waals surface area contributed by atoms with Gasteiger partial charge in [-0.15, -0.1) is 11.3 Å². The van der Waals surface area contributed by atoms with Crippen molar-refractivity contribution in [1.29, 1.82) is 0 Å². The minimum Gasteiger partial charge on any atom is -0.478 e. The van der Waals surface area contributed by atoms with E-state index in [2.05, 4.69) is 10.3 Å². The number of thiazole rings is 1. The van der Waals surface area contributed by atoms with Crippen LogP contribution in [0.3, 0.4) is 0 Å². The Kier molecular flexibility index (Phi) is 3.39. The number of benzene rings is 1. The molecule has 0 aliphatic rings. The van der Waals surface area contributed by atoms with E-state index < -0.39 is 5.97 Å². The Labute approximate surface area is 103 Å². The molecule has 0 atom stereocenters. The molecule has 0 unspecified atom stereocenters. The number of hydrogen-bond acceptors (Lipinski definition) is 4. The molecule has 0 radical (unpaired) electrons. The van der Waals surface area contributed by atoms with Crippen LogP contribution in [-0.2, 0) is 6.54 Å². The van der Waals surface area contributed by atoms with Crippen molar-refractivity contribution in [3.05, 3.63) is 45.9 Å². The van der Waals surface area contributed by atoms with Crippen LogP contribution < -0.4 is 5.32 Å². The molecule has 4 nitrogen and oxygen atoms in total. The predicted molar refractivity (Wildman–Crippen MR) is 67.6 cm³/mol. The molecule has 2 rings (SSSR count). The molecule has 0 saturated carbocycles. The van der Waals surface area contributed by atoms with Crippen molar-refractivity contribution >= 4 is 23.0 Å². The summed E-state index contributed by atoms with van der Waals surface area (Å²) < 4.78 is 0. The first-order valence-corrected chi connectivity index (χ1v) is 5.95. The lowest BCUT2D eigenvalue weighted by Crippen LogP contribution is -2.01. The number of aromatic nitrogens is 1. The zero-order chi connectivity index (χ0) is 12.3. The van der Waals surface area contributed by atoms with Crippen molar-refractivity contribution < 1.29 is 9.90 Å². The van der Waals surface area contributed by atoms with Gasteiger partial charge in [-0.05, 0) is 25.1 Å². The third kappa shape index (κ3) is 3.04. The highest BCUT2D eigenvalue weighted by Crippen LogP contribution is 2.15. The lowest BCUT2D eigenvalue weighted by molar-refractivity contribution is 0.0697. The standard InChI is InChI=1S/C12H12N2O2S/c1-8-6-14-11(17-8)7-13-10-4-2-3-9(5-10)12(15)16/h2-6,13H,7H2,1H3,(H,15,16). The van der Waals surface area contributed by atoms with Crippen LogP contribution in [0.2, 0.25) is 0 Å². The van der Waals surface area contributed by atoms with E-state index >= 15 is 0 Å². The smallest absolute Gasteiger partial charge is 0.335 e. The van der Waals surface area contributed by atoms with Gasteiger partial charge < -0.3 is 10.4 Å². The summed E-state index contributed by atoms with van der Waals surface area (Å²) in [5.41, 5.74) is 1.07. The van der Waals surface area contributed by atoms with Crippen LogP contribution in [0, 0.1) is 6.92 Å². The van der Waals surface area contributed by atoms with Crippen LogP contribution in [0.4, 0.5) is 5.69 Å². The van der Waals surface area contributed by atoms with Crippen LogP contribution >= 0.6 is 11.3 Å². The second-order valence-corrected chi connectivity index (χ2v) is 4.92. The van der Waals surface area contributed by atoms with E-state index in [4.69, 9.17) is 5.11 Å². The van der Waals surface area contributed by atoms with Gasteiger partial charge >= 0.3 is 5.97 Å². The fraction of sp³-hybridized carbons (Fsp3) is 0.167. The van der Waals surface area contributed by atoms with Crippen LogP contribution in [-0.4, -0.2) is 16.1 Å². The first kappa shape index (κ1) is 11.6. The molecule has 5 heteroatoms. The van der Waals surface area contributed by atoms with Crippen molar-refractivity contribution in [1.82, 2.24) is 4.98 Å². The molecular formula is C12H12N2O2S. The van der Waals surface area contributed by atoms with Crippen molar-refractivity contribution in [3.8, 4) is 0 Å². The summed E-state index contributed by atoms with van der Waals surface area (Å²) in [5.74, 6) is -0.918. The summed E-state index contributed by atoms with van der Waals surface area (Å²) in [6.45, 7) is 2.62. The number of anilines is 1. The molecule has 2 N–H and O–H groups in total. The third-order valence-electron chi connectivity index (χ3n) is 2.22.